The van der Waals surface area contributed by atoms with Crippen molar-refractivity contribution >= 4 is 17.4 Å². The Morgan fingerprint density at radius 2 is 1.77 bits per heavy atom. The SMILES string of the molecule is CCCOc1ccc(C2C(=C(O)c3ccccc3)C(=O)C(=O)N2Cc2ccco2)cc1. The van der Waals surface area contributed by atoms with E-state index in [4.69, 9.17) is 9.15 Å². The van der Waals surface area contributed by atoms with E-state index in [1.54, 1.807) is 48.5 Å². The van der Waals surface area contributed by atoms with E-state index in [1.165, 1.54) is 11.2 Å². The normalized spacial score (nSPS) is 17.8. The van der Waals surface area contributed by atoms with Gasteiger partial charge in [-0.25, -0.2) is 0 Å². The van der Waals surface area contributed by atoms with E-state index < -0.39 is 17.7 Å². The highest BCUT2D eigenvalue weighted by Gasteiger charge is 2.46. The lowest BCUT2D eigenvalue weighted by atomic mass is 9.95. The first-order valence-electron chi connectivity index (χ1n) is 10.2. The second-order valence-electron chi connectivity index (χ2n) is 7.29. The summed E-state index contributed by atoms with van der Waals surface area (Å²) in [6, 6.07) is 18.7. The number of carbonyl (C=O) groups is 2. The molecule has 1 fully saturated rings. The number of ether oxygens (including phenoxy) is 1. The molecule has 1 amide bonds. The van der Waals surface area contributed by atoms with Crippen LogP contribution in [0.25, 0.3) is 5.76 Å². The van der Waals surface area contributed by atoms with Gasteiger partial charge in [-0.05, 0) is 36.2 Å². The summed E-state index contributed by atoms with van der Waals surface area (Å²) in [6.07, 6.45) is 2.41. The smallest absolute Gasteiger partial charge is 0.296 e. The molecule has 0 radical (unpaired) electrons. The van der Waals surface area contributed by atoms with Crippen molar-refractivity contribution in [1.29, 1.82) is 0 Å². The molecule has 158 valence electrons. The molecule has 2 aromatic carbocycles. The predicted octanol–water partition coefficient (Wildman–Crippen LogP) is 4.69. The van der Waals surface area contributed by atoms with Crippen molar-refractivity contribution in [3.8, 4) is 5.75 Å². The zero-order valence-electron chi connectivity index (χ0n) is 17.2. The summed E-state index contributed by atoms with van der Waals surface area (Å²) < 4.78 is 11.1. The van der Waals surface area contributed by atoms with Crippen LogP contribution < -0.4 is 4.74 Å². The van der Waals surface area contributed by atoms with Crippen molar-refractivity contribution in [2.24, 2.45) is 0 Å². The van der Waals surface area contributed by atoms with Gasteiger partial charge in [0.1, 0.15) is 17.3 Å². The maximum Gasteiger partial charge on any atom is 0.296 e. The van der Waals surface area contributed by atoms with E-state index in [0.29, 0.717) is 29.2 Å². The molecule has 6 nitrogen and oxygen atoms in total. The van der Waals surface area contributed by atoms with Gasteiger partial charge in [0, 0.05) is 5.56 Å². The quantitative estimate of drug-likeness (QED) is 0.343. The number of amides is 1. The number of furan rings is 1. The Labute approximate surface area is 180 Å². The lowest BCUT2D eigenvalue weighted by Crippen LogP contribution is -2.29. The summed E-state index contributed by atoms with van der Waals surface area (Å²) in [7, 11) is 0. The highest BCUT2D eigenvalue weighted by molar-refractivity contribution is 6.46. The molecular weight excluding hydrogens is 394 g/mol. The molecule has 1 aliphatic rings. The third-order valence-corrected chi connectivity index (χ3v) is 5.16. The first-order valence-corrected chi connectivity index (χ1v) is 10.2. The van der Waals surface area contributed by atoms with Crippen LogP contribution in [-0.4, -0.2) is 28.3 Å². The summed E-state index contributed by atoms with van der Waals surface area (Å²) in [5.74, 6) is -0.335. The number of aliphatic hydroxyl groups excluding tert-OH is 1. The van der Waals surface area contributed by atoms with Gasteiger partial charge in [-0.15, -0.1) is 0 Å². The van der Waals surface area contributed by atoms with E-state index >= 15 is 0 Å². The monoisotopic (exact) mass is 417 g/mol. The van der Waals surface area contributed by atoms with E-state index in [0.717, 1.165) is 6.42 Å². The van der Waals surface area contributed by atoms with Crippen LogP contribution in [0.3, 0.4) is 0 Å². The highest BCUT2D eigenvalue weighted by Crippen LogP contribution is 2.40. The van der Waals surface area contributed by atoms with Gasteiger partial charge in [-0.3, -0.25) is 9.59 Å². The minimum absolute atomic E-state index is 0.0602. The fraction of sp³-hybridized carbons (Fsp3) is 0.200. The molecule has 6 heteroatoms. The largest absolute Gasteiger partial charge is 0.507 e. The van der Waals surface area contributed by atoms with Gasteiger partial charge in [0.2, 0.25) is 0 Å². The Kier molecular flexibility index (Phi) is 5.89. The first-order chi connectivity index (χ1) is 15.1. The van der Waals surface area contributed by atoms with E-state index in [9.17, 15) is 14.7 Å². The molecule has 0 saturated carbocycles. The minimum Gasteiger partial charge on any atom is -0.507 e. The van der Waals surface area contributed by atoms with Crippen molar-refractivity contribution in [1.82, 2.24) is 4.90 Å². The van der Waals surface area contributed by atoms with Crippen LogP contribution in [0, 0.1) is 0 Å². The number of hydrogen-bond acceptors (Lipinski definition) is 5. The fourth-order valence-corrected chi connectivity index (χ4v) is 3.68. The van der Waals surface area contributed by atoms with E-state index in [-0.39, 0.29) is 17.9 Å². The van der Waals surface area contributed by atoms with Crippen LogP contribution in [0.5, 0.6) is 5.75 Å². The number of benzene rings is 2. The zero-order valence-corrected chi connectivity index (χ0v) is 17.2. The number of ketones is 1. The zero-order chi connectivity index (χ0) is 21.8. The summed E-state index contributed by atoms with van der Waals surface area (Å²) in [5, 5.41) is 11.0. The first kappa shape index (κ1) is 20.5. The summed E-state index contributed by atoms with van der Waals surface area (Å²) >= 11 is 0. The molecule has 1 N–H and O–H groups in total. The van der Waals surface area contributed by atoms with Crippen molar-refractivity contribution in [3.63, 3.8) is 0 Å². The molecule has 1 atom stereocenters. The average Bonchev–Trinajstić information content (AvgIpc) is 3.41. The number of Topliss-reactive ketones (excluding diaryl/α,β-unsaturated/α-hetero) is 1. The van der Waals surface area contributed by atoms with E-state index in [2.05, 4.69) is 0 Å². The number of nitrogens with zero attached hydrogens (tertiary/aromatic N) is 1. The Hall–Kier alpha value is -3.80. The van der Waals surface area contributed by atoms with Crippen LogP contribution in [-0.2, 0) is 16.1 Å². The maximum absolute atomic E-state index is 13.0. The number of likely N-dealkylation sites (tertiary alicyclic amines) is 1. The molecule has 1 aromatic heterocycles. The summed E-state index contributed by atoms with van der Waals surface area (Å²) in [4.78, 5) is 27.3. The molecular formula is C25H23NO5. The lowest BCUT2D eigenvalue weighted by Gasteiger charge is -2.24. The molecule has 3 aromatic rings. The Bertz CT molecular complexity index is 1080. The van der Waals surface area contributed by atoms with Crippen LogP contribution in [0.2, 0.25) is 0 Å². The predicted molar refractivity (Wildman–Crippen MR) is 115 cm³/mol. The standard InChI is InChI=1S/C25H23NO5/c1-2-14-30-19-12-10-17(11-13-19)22-21(23(27)18-7-4-3-5-8-18)24(28)25(29)26(22)16-20-9-6-15-31-20/h3-13,15,22,27H,2,14,16H2,1H3. The minimum atomic E-state index is -0.745. The molecule has 0 aliphatic carbocycles. The third kappa shape index (κ3) is 4.10. The van der Waals surface area contributed by atoms with Crippen LogP contribution in [0.15, 0.2) is 83.0 Å². The van der Waals surface area contributed by atoms with Crippen molar-refractivity contribution in [2.75, 3.05) is 6.61 Å². The highest BCUT2D eigenvalue weighted by atomic mass is 16.5. The van der Waals surface area contributed by atoms with Gasteiger partial charge >= 0.3 is 0 Å². The van der Waals surface area contributed by atoms with Crippen LogP contribution in [0.1, 0.15) is 36.3 Å². The number of carbonyl (C=O) groups excluding carboxylic acids is 2. The van der Waals surface area contributed by atoms with Crippen molar-refractivity contribution in [2.45, 2.75) is 25.9 Å². The van der Waals surface area contributed by atoms with Gasteiger partial charge in [0.25, 0.3) is 11.7 Å². The number of hydrogen-bond donors (Lipinski definition) is 1. The van der Waals surface area contributed by atoms with Crippen LogP contribution >= 0.6 is 0 Å². The number of aliphatic hydroxyl groups is 1. The third-order valence-electron chi connectivity index (χ3n) is 5.16. The molecule has 2 heterocycles. The molecule has 1 unspecified atom stereocenters. The Morgan fingerprint density at radius 1 is 1.03 bits per heavy atom. The Balaban J connectivity index is 1.79. The molecule has 1 saturated heterocycles. The molecule has 31 heavy (non-hydrogen) atoms. The maximum atomic E-state index is 13.0. The van der Waals surface area contributed by atoms with Gasteiger partial charge in [0.05, 0.1) is 31.0 Å². The van der Waals surface area contributed by atoms with Gasteiger partial charge in [-0.1, -0.05) is 49.4 Å². The molecule has 0 bridgehead atoms. The second kappa shape index (κ2) is 8.92. The van der Waals surface area contributed by atoms with Crippen LogP contribution in [0.4, 0.5) is 0 Å². The topological polar surface area (TPSA) is 80.0 Å². The van der Waals surface area contributed by atoms with Gasteiger partial charge < -0.3 is 19.2 Å². The second-order valence-corrected chi connectivity index (χ2v) is 7.29. The van der Waals surface area contributed by atoms with Gasteiger partial charge in [0.15, 0.2) is 0 Å². The summed E-state index contributed by atoms with van der Waals surface area (Å²) in [6.45, 7) is 2.74. The fourth-order valence-electron chi connectivity index (χ4n) is 3.68. The molecule has 0 spiro atoms. The van der Waals surface area contributed by atoms with Gasteiger partial charge in [-0.2, -0.15) is 0 Å². The Morgan fingerprint density at radius 3 is 2.42 bits per heavy atom. The van der Waals surface area contributed by atoms with Crippen molar-refractivity contribution < 1.29 is 23.8 Å². The average molecular weight is 417 g/mol. The molecule has 4 rings (SSSR count). The summed E-state index contributed by atoms with van der Waals surface area (Å²) in [5.41, 5.74) is 1.24. The van der Waals surface area contributed by atoms with E-state index in [1.807, 2.05) is 25.1 Å². The lowest BCUT2D eigenvalue weighted by molar-refractivity contribution is -0.140. The molecule has 1 aliphatic heterocycles. The number of rotatable bonds is 7. The van der Waals surface area contributed by atoms with Crippen molar-refractivity contribution in [3.05, 3.63) is 95.5 Å².